The van der Waals surface area contributed by atoms with Gasteiger partial charge < -0.3 is 20.8 Å². The highest BCUT2D eigenvalue weighted by molar-refractivity contribution is 5.99. The Morgan fingerprint density at radius 1 is 0.938 bits per heavy atom. The van der Waals surface area contributed by atoms with Gasteiger partial charge in [0.05, 0.1) is 25.3 Å². The number of benzene rings is 3. The number of carbonyl (C=O) groups excluding carboxylic acids is 2. The maximum absolute atomic E-state index is 12.7. The first-order chi connectivity index (χ1) is 15.5. The van der Waals surface area contributed by atoms with E-state index in [0.717, 1.165) is 11.1 Å². The molecule has 1 heterocycles. The second kappa shape index (κ2) is 9.09. The highest BCUT2D eigenvalue weighted by Crippen LogP contribution is 2.36. The lowest BCUT2D eigenvalue weighted by molar-refractivity contribution is 0.0985. The molecule has 4 rings (SSSR count). The molecular formula is C24H22N4O4. The molecule has 2 amide bonds. The van der Waals surface area contributed by atoms with Crippen molar-refractivity contribution in [3.63, 3.8) is 0 Å². The highest BCUT2D eigenvalue weighted by atomic mass is 16.3. The molecular weight excluding hydrogens is 408 g/mol. The summed E-state index contributed by atoms with van der Waals surface area (Å²) in [5.41, 5.74) is 9.65. The van der Waals surface area contributed by atoms with Gasteiger partial charge in [-0.25, -0.2) is 0 Å². The Bertz CT molecular complexity index is 1220. The third kappa shape index (κ3) is 4.01. The molecule has 162 valence electrons. The van der Waals surface area contributed by atoms with Crippen LogP contribution in [0.4, 0.5) is 11.4 Å². The van der Waals surface area contributed by atoms with E-state index in [4.69, 9.17) is 5.73 Å². The molecule has 4 N–H and O–H groups in total. The number of aliphatic hydroxyl groups is 2. The number of nitrogens with zero attached hydrogens (tertiary/aromatic N) is 3. The van der Waals surface area contributed by atoms with Crippen molar-refractivity contribution in [1.29, 1.82) is 0 Å². The van der Waals surface area contributed by atoms with E-state index in [9.17, 15) is 19.8 Å². The number of primary amides is 1. The number of carbonyl (C=O) groups is 2. The number of hydrogen-bond donors (Lipinski definition) is 3. The summed E-state index contributed by atoms with van der Waals surface area (Å²) in [5, 5.41) is 28.1. The van der Waals surface area contributed by atoms with Crippen LogP contribution in [0, 0.1) is 0 Å². The summed E-state index contributed by atoms with van der Waals surface area (Å²) in [5.74, 6) is -1.21. The Balaban J connectivity index is 2.01. The largest absolute Gasteiger partial charge is 0.392 e. The second-order valence-electron chi connectivity index (χ2n) is 7.40. The van der Waals surface area contributed by atoms with Crippen LogP contribution in [0.3, 0.4) is 0 Å². The number of rotatable bonds is 4. The van der Waals surface area contributed by atoms with Crippen LogP contribution in [0.15, 0.2) is 70.9 Å². The normalized spacial score (nSPS) is 13.4. The first-order valence-corrected chi connectivity index (χ1v) is 10.1. The lowest BCUT2D eigenvalue weighted by Crippen LogP contribution is -2.23. The Morgan fingerprint density at radius 3 is 2.31 bits per heavy atom. The van der Waals surface area contributed by atoms with Crippen molar-refractivity contribution in [2.45, 2.75) is 26.3 Å². The summed E-state index contributed by atoms with van der Waals surface area (Å²) in [4.78, 5) is 26.6. The second-order valence-corrected chi connectivity index (χ2v) is 7.40. The molecule has 3 aromatic carbocycles. The minimum atomic E-state index is -0.654. The number of fused-ring (bicyclic) bond motifs is 4. The van der Waals surface area contributed by atoms with Crippen LogP contribution in [0.2, 0.25) is 0 Å². The van der Waals surface area contributed by atoms with E-state index in [2.05, 4.69) is 10.2 Å². The molecule has 32 heavy (non-hydrogen) atoms. The summed E-state index contributed by atoms with van der Waals surface area (Å²) in [6, 6.07) is 17.8. The molecule has 0 radical (unpaired) electrons. The lowest BCUT2D eigenvalue weighted by atomic mass is 9.99. The fourth-order valence-corrected chi connectivity index (χ4v) is 3.96. The maximum Gasteiger partial charge on any atom is 0.295 e. The lowest BCUT2D eigenvalue weighted by Gasteiger charge is -2.30. The standard InChI is InChI=1S/C24H22N4O4/c25-23(31)17-6-2-8-21(19(17)13-29)28-12-16-5-1-4-15(10-16)11-26-27-24(32)18-7-3-9-22(28)20(18)14-30/h1-10,29-30H,11-14H2,(H2,25,31). The van der Waals surface area contributed by atoms with E-state index in [1.165, 1.54) is 0 Å². The molecule has 0 aromatic heterocycles. The smallest absolute Gasteiger partial charge is 0.295 e. The quantitative estimate of drug-likeness (QED) is 0.585. The summed E-state index contributed by atoms with van der Waals surface area (Å²) in [7, 11) is 0. The molecule has 1 aliphatic heterocycles. The van der Waals surface area contributed by atoms with Gasteiger partial charge in [-0.3, -0.25) is 9.59 Å². The topological polar surface area (TPSA) is 129 Å². The van der Waals surface area contributed by atoms with Crippen LogP contribution in [0.5, 0.6) is 0 Å². The minimum absolute atomic E-state index is 0.205. The highest BCUT2D eigenvalue weighted by Gasteiger charge is 2.23. The van der Waals surface area contributed by atoms with Gasteiger partial charge in [-0.1, -0.05) is 36.4 Å². The predicted molar refractivity (Wildman–Crippen MR) is 118 cm³/mol. The molecule has 8 heteroatoms. The van der Waals surface area contributed by atoms with Gasteiger partial charge in [0.15, 0.2) is 0 Å². The summed E-state index contributed by atoms with van der Waals surface area (Å²) in [6.45, 7) is -0.225. The fourth-order valence-electron chi connectivity index (χ4n) is 3.96. The average Bonchev–Trinajstić information content (AvgIpc) is 2.81. The third-order valence-corrected chi connectivity index (χ3v) is 5.44. The number of azo groups is 1. The van der Waals surface area contributed by atoms with Crippen molar-refractivity contribution in [2.75, 3.05) is 4.90 Å². The molecule has 4 bridgehead atoms. The Labute approximate surface area is 184 Å². The van der Waals surface area contributed by atoms with Crippen molar-refractivity contribution < 1.29 is 19.8 Å². The molecule has 0 atom stereocenters. The summed E-state index contributed by atoms with van der Waals surface area (Å²) >= 11 is 0. The van der Waals surface area contributed by atoms with Crippen molar-refractivity contribution in [3.05, 3.63) is 94.0 Å². The van der Waals surface area contributed by atoms with Crippen LogP contribution in [-0.4, -0.2) is 22.0 Å². The number of anilines is 2. The number of amides is 2. The maximum atomic E-state index is 12.7. The van der Waals surface area contributed by atoms with Gasteiger partial charge >= 0.3 is 0 Å². The average molecular weight is 430 g/mol. The zero-order valence-electron chi connectivity index (χ0n) is 17.2. The third-order valence-electron chi connectivity index (χ3n) is 5.44. The Morgan fingerprint density at radius 2 is 1.59 bits per heavy atom. The molecule has 3 aromatic rings. The van der Waals surface area contributed by atoms with Crippen LogP contribution >= 0.6 is 0 Å². The monoisotopic (exact) mass is 430 g/mol. The van der Waals surface area contributed by atoms with Gasteiger partial charge in [0, 0.05) is 34.6 Å². The number of hydrogen-bond acceptors (Lipinski definition) is 6. The van der Waals surface area contributed by atoms with Crippen LogP contribution in [0.25, 0.3) is 0 Å². The van der Waals surface area contributed by atoms with E-state index in [1.807, 2.05) is 29.2 Å². The number of nitrogens with two attached hydrogens (primary N) is 1. The van der Waals surface area contributed by atoms with Crippen molar-refractivity contribution in [3.8, 4) is 0 Å². The molecule has 0 saturated heterocycles. The fraction of sp³-hybridized carbons (Fsp3) is 0.167. The van der Waals surface area contributed by atoms with Gasteiger partial charge in [-0.2, -0.15) is 5.11 Å². The molecule has 0 fully saturated rings. The van der Waals surface area contributed by atoms with E-state index in [0.29, 0.717) is 29.0 Å². The zero-order valence-corrected chi connectivity index (χ0v) is 17.2. The molecule has 8 nitrogen and oxygen atoms in total. The molecule has 0 spiro atoms. The summed E-state index contributed by atoms with van der Waals surface area (Å²) in [6.07, 6.45) is 0. The van der Waals surface area contributed by atoms with Gasteiger partial charge in [0.1, 0.15) is 0 Å². The van der Waals surface area contributed by atoms with Crippen molar-refractivity contribution >= 4 is 23.2 Å². The first kappa shape index (κ1) is 21.4. The molecule has 0 unspecified atom stereocenters. The van der Waals surface area contributed by atoms with Gasteiger partial charge in [0.25, 0.3) is 5.91 Å². The molecule has 1 aliphatic rings. The van der Waals surface area contributed by atoms with Gasteiger partial charge in [0.2, 0.25) is 5.91 Å². The minimum Gasteiger partial charge on any atom is -0.392 e. The predicted octanol–water partition coefficient (Wildman–Crippen LogP) is 3.21. The van der Waals surface area contributed by atoms with E-state index >= 15 is 0 Å². The van der Waals surface area contributed by atoms with Crippen LogP contribution in [-0.2, 0) is 26.3 Å². The Kier molecular flexibility index (Phi) is 6.07. The molecule has 0 saturated carbocycles. The Hall–Kier alpha value is -3.88. The SMILES string of the molecule is NC(=O)c1cccc(N2Cc3cccc(c3)CN=NC(=O)c3cccc2c3CO)c1CO. The first-order valence-electron chi connectivity index (χ1n) is 10.1. The van der Waals surface area contributed by atoms with Gasteiger partial charge in [-0.05, 0) is 35.4 Å². The van der Waals surface area contributed by atoms with Crippen LogP contribution in [0.1, 0.15) is 43.0 Å². The van der Waals surface area contributed by atoms with Gasteiger partial charge in [-0.15, -0.1) is 5.11 Å². The van der Waals surface area contributed by atoms with E-state index in [-0.39, 0.29) is 17.7 Å². The van der Waals surface area contributed by atoms with E-state index < -0.39 is 25.0 Å². The summed E-state index contributed by atoms with van der Waals surface area (Å²) < 4.78 is 0. The van der Waals surface area contributed by atoms with Crippen molar-refractivity contribution in [2.24, 2.45) is 16.0 Å². The number of aliphatic hydroxyl groups excluding tert-OH is 2. The van der Waals surface area contributed by atoms with Crippen molar-refractivity contribution in [1.82, 2.24) is 0 Å². The molecule has 0 aliphatic carbocycles. The van der Waals surface area contributed by atoms with Crippen LogP contribution < -0.4 is 10.6 Å². The van der Waals surface area contributed by atoms with E-state index in [1.54, 1.807) is 36.4 Å². The zero-order chi connectivity index (χ0) is 22.7.